The van der Waals surface area contributed by atoms with Gasteiger partial charge in [-0.2, -0.15) is 0 Å². The van der Waals surface area contributed by atoms with Crippen molar-refractivity contribution in [3.8, 4) is 0 Å². The third-order valence-electron chi connectivity index (χ3n) is 3.69. The van der Waals surface area contributed by atoms with Gasteiger partial charge in [-0.25, -0.2) is 0 Å². The van der Waals surface area contributed by atoms with E-state index in [2.05, 4.69) is 37.9 Å². The summed E-state index contributed by atoms with van der Waals surface area (Å²) >= 11 is 0. The van der Waals surface area contributed by atoms with E-state index in [1.54, 1.807) is 7.11 Å². The molecule has 3 nitrogen and oxygen atoms in total. The van der Waals surface area contributed by atoms with E-state index in [1.165, 1.54) is 25.7 Å². The molecule has 0 aromatic carbocycles. The van der Waals surface area contributed by atoms with Crippen molar-refractivity contribution in [1.29, 1.82) is 0 Å². The van der Waals surface area contributed by atoms with E-state index in [0.29, 0.717) is 12.1 Å². The number of methoxy groups -OCH3 is 1. The van der Waals surface area contributed by atoms with E-state index in [9.17, 15) is 0 Å². The average Bonchev–Trinajstić information content (AvgIpc) is 2.40. The lowest BCUT2D eigenvalue weighted by molar-refractivity contribution is 0.0749. The van der Waals surface area contributed by atoms with Gasteiger partial charge in [0.1, 0.15) is 0 Å². The highest BCUT2D eigenvalue weighted by molar-refractivity contribution is 4.79. The first-order chi connectivity index (χ1) is 8.74. The molecule has 0 saturated carbocycles. The summed E-state index contributed by atoms with van der Waals surface area (Å²) in [4.78, 5) is 2.66. The number of ether oxygens (including phenoxy) is 1. The molecule has 0 bridgehead atoms. The fraction of sp³-hybridized carbons (Fsp3) is 1.00. The Morgan fingerprint density at radius 1 is 1.06 bits per heavy atom. The number of rotatable bonds is 12. The average molecular weight is 258 g/mol. The van der Waals surface area contributed by atoms with Crippen LogP contribution in [0.1, 0.15) is 53.4 Å². The van der Waals surface area contributed by atoms with Crippen molar-refractivity contribution >= 4 is 0 Å². The van der Waals surface area contributed by atoms with E-state index < -0.39 is 0 Å². The highest BCUT2D eigenvalue weighted by Crippen LogP contribution is 2.16. The van der Waals surface area contributed by atoms with Gasteiger partial charge in [0.05, 0.1) is 6.61 Å². The highest BCUT2D eigenvalue weighted by Gasteiger charge is 2.23. The molecule has 3 heteroatoms. The van der Waals surface area contributed by atoms with Crippen LogP contribution in [-0.2, 0) is 4.74 Å². The molecule has 0 fully saturated rings. The molecule has 0 saturated heterocycles. The molecule has 0 rings (SSSR count). The SMILES string of the molecule is CCCC(CNCC)N(CCOC)C(CC)CC. The molecule has 0 aromatic rings. The quantitative estimate of drug-likeness (QED) is 0.582. The van der Waals surface area contributed by atoms with Crippen LogP contribution in [0.4, 0.5) is 0 Å². The third kappa shape index (κ3) is 6.72. The Labute approximate surface area is 114 Å². The van der Waals surface area contributed by atoms with E-state index in [4.69, 9.17) is 4.74 Å². The third-order valence-corrected chi connectivity index (χ3v) is 3.69. The zero-order chi connectivity index (χ0) is 13.8. The minimum atomic E-state index is 0.648. The zero-order valence-corrected chi connectivity index (χ0v) is 13.2. The second-order valence-electron chi connectivity index (χ2n) is 4.95. The number of nitrogens with one attached hydrogen (secondary N) is 1. The molecule has 1 unspecified atom stereocenters. The van der Waals surface area contributed by atoms with Crippen LogP contribution in [0.5, 0.6) is 0 Å². The Balaban J connectivity index is 4.59. The molecular formula is C15H34N2O. The lowest BCUT2D eigenvalue weighted by atomic mass is 10.0. The smallest absolute Gasteiger partial charge is 0.0589 e. The minimum absolute atomic E-state index is 0.648. The Morgan fingerprint density at radius 2 is 1.72 bits per heavy atom. The van der Waals surface area contributed by atoms with E-state index >= 15 is 0 Å². The first-order valence-electron chi connectivity index (χ1n) is 7.70. The number of likely N-dealkylation sites (N-methyl/N-ethyl adjacent to an activating group) is 1. The van der Waals surface area contributed by atoms with E-state index in [-0.39, 0.29) is 0 Å². The van der Waals surface area contributed by atoms with Gasteiger partial charge in [-0.15, -0.1) is 0 Å². The van der Waals surface area contributed by atoms with Crippen LogP contribution < -0.4 is 5.32 Å². The summed E-state index contributed by atoms with van der Waals surface area (Å²) in [5.41, 5.74) is 0. The molecule has 0 spiro atoms. The molecule has 0 radical (unpaired) electrons. The second kappa shape index (κ2) is 11.9. The fourth-order valence-corrected chi connectivity index (χ4v) is 2.65. The molecule has 0 heterocycles. The second-order valence-corrected chi connectivity index (χ2v) is 4.95. The molecule has 18 heavy (non-hydrogen) atoms. The van der Waals surface area contributed by atoms with Gasteiger partial charge in [0, 0.05) is 32.3 Å². The van der Waals surface area contributed by atoms with Gasteiger partial charge in [0.25, 0.3) is 0 Å². The van der Waals surface area contributed by atoms with Crippen LogP contribution >= 0.6 is 0 Å². The van der Waals surface area contributed by atoms with Gasteiger partial charge in [-0.05, 0) is 25.8 Å². The van der Waals surface area contributed by atoms with Crippen LogP contribution in [0.2, 0.25) is 0 Å². The first-order valence-corrected chi connectivity index (χ1v) is 7.70. The largest absolute Gasteiger partial charge is 0.383 e. The maximum Gasteiger partial charge on any atom is 0.0589 e. The summed E-state index contributed by atoms with van der Waals surface area (Å²) < 4.78 is 5.28. The molecule has 1 atom stereocenters. The van der Waals surface area contributed by atoms with Crippen molar-refractivity contribution < 1.29 is 4.74 Å². The molecular weight excluding hydrogens is 224 g/mol. The first kappa shape index (κ1) is 17.9. The van der Waals surface area contributed by atoms with E-state index in [1.807, 2.05) is 0 Å². The molecule has 0 aromatic heterocycles. The zero-order valence-electron chi connectivity index (χ0n) is 13.2. The maximum absolute atomic E-state index is 5.28. The van der Waals surface area contributed by atoms with Crippen molar-refractivity contribution in [2.24, 2.45) is 0 Å². The van der Waals surface area contributed by atoms with Gasteiger partial charge < -0.3 is 10.1 Å². The molecule has 110 valence electrons. The Bertz CT molecular complexity index is 172. The number of nitrogens with zero attached hydrogens (tertiary/aromatic N) is 1. The molecule has 0 aliphatic carbocycles. The van der Waals surface area contributed by atoms with Gasteiger partial charge in [-0.1, -0.05) is 34.1 Å². The fourth-order valence-electron chi connectivity index (χ4n) is 2.65. The van der Waals surface area contributed by atoms with Crippen LogP contribution in [0, 0.1) is 0 Å². The minimum Gasteiger partial charge on any atom is -0.383 e. The Kier molecular flexibility index (Phi) is 11.9. The molecule has 1 N–H and O–H groups in total. The van der Waals surface area contributed by atoms with Crippen LogP contribution in [0.25, 0.3) is 0 Å². The van der Waals surface area contributed by atoms with Crippen LogP contribution in [0.15, 0.2) is 0 Å². The van der Waals surface area contributed by atoms with Crippen molar-refractivity contribution in [2.45, 2.75) is 65.5 Å². The van der Waals surface area contributed by atoms with Crippen LogP contribution in [-0.4, -0.2) is 50.3 Å². The van der Waals surface area contributed by atoms with E-state index in [0.717, 1.165) is 26.2 Å². The molecule has 0 aliphatic rings. The number of hydrogen-bond donors (Lipinski definition) is 1. The molecule has 0 amide bonds. The van der Waals surface area contributed by atoms with Crippen molar-refractivity contribution in [1.82, 2.24) is 10.2 Å². The van der Waals surface area contributed by atoms with Gasteiger partial charge in [-0.3, -0.25) is 4.90 Å². The molecule has 0 aliphatic heterocycles. The van der Waals surface area contributed by atoms with Crippen molar-refractivity contribution in [2.75, 3.05) is 33.4 Å². The maximum atomic E-state index is 5.28. The van der Waals surface area contributed by atoms with Crippen molar-refractivity contribution in [3.05, 3.63) is 0 Å². The predicted octanol–water partition coefficient (Wildman–Crippen LogP) is 2.90. The Hall–Kier alpha value is -0.120. The van der Waals surface area contributed by atoms with Gasteiger partial charge in [0.2, 0.25) is 0 Å². The summed E-state index contributed by atoms with van der Waals surface area (Å²) in [7, 11) is 1.80. The topological polar surface area (TPSA) is 24.5 Å². The highest BCUT2D eigenvalue weighted by atomic mass is 16.5. The Morgan fingerprint density at radius 3 is 2.17 bits per heavy atom. The predicted molar refractivity (Wildman–Crippen MR) is 80.2 cm³/mol. The normalized spacial score (nSPS) is 13.5. The standard InChI is InChI=1S/C15H34N2O/c1-6-10-15(13-16-9-4)17(11-12-18-5)14(7-2)8-3/h14-16H,6-13H2,1-5H3. The summed E-state index contributed by atoms with van der Waals surface area (Å²) in [6, 6.07) is 1.34. The number of hydrogen-bond acceptors (Lipinski definition) is 3. The summed E-state index contributed by atoms with van der Waals surface area (Å²) in [5.74, 6) is 0. The summed E-state index contributed by atoms with van der Waals surface area (Å²) in [6.07, 6.45) is 4.98. The van der Waals surface area contributed by atoms with Gasteiger partial charge >= 0.3 is 0 Å². The summed E-state index contributed by atoms with van der Waals surface area (Å²) in [5, 5.41) is 3.51. The van der Waals surface area contributed by atoms with Crippen LogP contribution in [0.3, 0.4) is 0 Å². The lowest BCUT2D eigenvalue weighted by Gasteiger charge is -2.37. The van der Waals surface area contributed by atoms with Gasteiger partial charge in [0.15, 0.2) is 0 Å². The lowest BCUT2D eigenvalue weighted by Crippen LogP contribution is -2.49. The summed E-state index contributed by atoms with van der Waals surface area (Å²) in [6.45, 7) is 13.1. The van der Waals surface area contributed by atoms with Crippen molar-refractivity contribution in [3.63, 3.8) is 0 Å². The monoisotopic (exact) mass is 258 g/mol.